The Bertz CT molecular complexity index is 1930. The summed E-state index contributed by atoms with van der Waals surface area (Å²) in [7, 11) is -2.14. The molecule has 38 heavy (non-hydrogen) atoms. The molecule has 0 bridgehead atoms. The fourth-order valence-corrected chi connectivity index (χ4v) is 5.50. The van der Waals surface area contributed by atoms with Crippen LogP contribution in [-0.2, 0) is 17.1 Å². The van der Waals surface area contributed by atoms with Gasteiger partial charge in [0.2, 0.25) is 10.0 Å². The number of halogens is 2. The maximum absolute atomic E-state index is 14.8. The fourth-order valence-electron chi connectivity index (χ4n) is 4.50. The second kappa shape index (κ2) is 9.38. The van der Waals surface area contributed by atoms with E-state index in [0.717, 1.165) is 10.8 Å². The van der Waals surface area contributed by atoms with Crippen LogP contribution in [0.5, 0.6) is 0 Å². The van der Waals surface area contributed by atoms with Gasteiger partial charge in [-0.25, -0.2) is 17.6 Å². The van der Waals surface area contributed by atoms with Crippen LogP contribution in [0.3, 0.4) is 0 Å². The average Bonchev–Trinajstić information content (AvgIpc) is 3.66. The molecule has 0 spiro atoms. The molecule has 1 saturated carbocycles. The molecule has 198 valence electrons. The minimum absolute atomic E-state index is 0.0364. The second-order valence-corrected chi connectivity index (χ2v) is 12.3. The number of aromatic nitrogens is 3. The van der Waals surface area contributed by atoms with E-state index in [9.17, 15) is 27.2 Å². The number of nitrogens with one attached hydrogen (secondary N) is 2. The zero-order valence-electron chi connectivity index (χ0n) is 20.6. The van der Waals surface area contributed by atoms with Crippen LogP contribution >= 0.6 is 22.6 Å². The largest absolute Gasteiger partial charge is 0.338 e. The van der Waals surface area contributed by atoms with Gasteiger partial charge in [0.1, 0.15) is 17.0 Å². The van der Waals surface area contributed by atoms with E-state index in [0.29, 0.717) is 16.4 Å². The topological polar surface area (TPSA) is 124 Å². The number of rotatable bonds is 6. The average molecular weight is 651 g/mol. The predicted molar refractivity (Wildman–Crippen MR) is 153 cm³/mol. The zero-order chi connectivity index (χ0) is 27.5. The third-order valence-electron chi connectivity index (χ3n) is 6.35. The van der Waals surface area contributed by atoms with Gasteiger partial charge in [0.15, 0.2) is 0 Å². The number of fused-ring (bicyclic) bond motifs is 1. The Labute approximate surface area is 229 Å². The maximum atomic E-state index is 14.8. The number of anilines is 3. The van der Waals surface area contributed by atoms with Crippen molar-refractivity contribution in [2.75, 3.05) is 16.3 Å². The number of sulfonamides is 1. The second-order valence-electron chi connectivity index (χ2n) is 9.26. The van der Waals surface area contributed by atoms with E-state index in [4.69, 9.17) is 0 Å². The van der Waals surface area contributed by atoms with Crippen molar-refractivity contribution in [3.63, 3.8) is 0 Å². The van der Waals surface area contributed by atoms with Crippen molar-refractivity contribution in [1.82, 2.24) is 13.7 Å². The van der Waals surface area contributed by atoms with Gasteiger partial charge >= 0.3 is 5.69 Å². The van der Waals surface area contributed by atoms with E-state index >= 15 is 0 Å². The summed E-state index contributed by atoms with van der Waals surface area (Å²) in [6.07, 6.45) is 2.27. The minimum atomic E-state index is -3.61. The summed E-state index contributed by atoms with van der Waals surface area (Å²) in [5, 5.41) is 2.95. The van der Waals surface area contributed by atoms with Gasteiger partial charge in [-0.1, -0.05) is 6.07 Å². The highest BCUT2D eigenvalue weighted by atomic mass is 127. The molecule has 2 heterocycles. The van der Waals surface area contributed by atoms with Crippen LogP contribution in [0.15, 0.2) is 56.8 Å². The first-order valence-corrected chi connectivity index (χ1v) is 14.6. The van der Waals surface area contributed by atoms with Crippen molar-refractivity contribution in [3.05, 3.63) is 88.6 Å². The first-order valence-electron chi connectivity index (χ1n) is 11.6. The molecule has 0 unspecified atom stereocenters. The van der Waals surface area contributed by atoms with Crippen LogP contribution in [-0.4, -0.2) is 28.4 Å². The standard InChI is InChI=1S/C25H23FIN5O5S/c1-13-21-20(22(30(2)23(13)33)28-19-10-7-14(27)11-18(19)26)24(34)32(16-8-9-16)25(35)31(21)17-6-4-5-15(12-17)29-38(3,36)37/h4-7,10-12,16,28-29H,8-9H2,1-3H3. The monoisotopic (exact) mass is 651 g/mol. The van der Waals surface area contributed by atoms with Crippen LogP contribution < -0.4 is 26.8 Å². The molecule has 0 aliphatic heterocycles. The number of aryl methyl sites for hydroxylation is 1. The normalized spacial score (nSPS) is 13.6. The highest BCUT2D eigenvalue weighted by molar-refractivity contribution is 14.1. The summed E-state index contributed by atoms with van der Waals surface area (Å²) >= 11 is 1.98. The first kappa shape index (κ1) is 26.2. The minimum Gasteiger partial charge on any atom is -0.338 e. The Kier molecular flexibility index (Phi) is 6.46. The predicted octanol–water partition coefficient (Wildman–Crippen LogP) is 3.35. The molecule has 0 atom stereocenters. The smallest absolute Gasteiger partial charge is 0.336 e. The first-order chi connectivity index (χ1) is 17.9. The van der Waals surface area contributed by atoms with Crippen molar-refractivity contribution in [3.8, 4) is 5.69 Å². The van der Waals surface area contributed by atoms with Gasteiger partial charge in [-0.2, -0.15) is 0 Å². The van der Waals surface area contributed by atoms with E-state index in [1.807, 2.05) is 22.6 Å². The highest BCUT2D eigenvalue weighted by Gasteiger charge is 2.31. The van der Waals surface area contributed by atoms with E-state index in [1.165, 1.54) is 47.4 Å². The van der Waals surface area contributed by atoms with E-state index in [1.54, 1.807) is 18.2 Å². The molecule has 2 aromatic heterocycles. The summed E-state index contributed by atoms with van der Waals surface area (Å²) in [5.74, 6) is -0.539. The molecule has 5 rings (SSSR count). The Morgan fingerprint density at radius 2 is 1.76 bits per heavy atom. The third kappa shape index (κ3) is 4.64. The van der Waals surface area contributed by atoms with Crippen LogP contribution in [0.1, 0.15) is 24.4 Å². The van der Waals surface area contributed by atoms with Crippen molar-refractivity contribution in [1.29, 1.82) is 0 Å². The van der Waals surface area contributed by atoms with Crippen molar-refractivity contribution in [2.45, 2.75) is 25.8 Å². The lowest BCUT2D eigenvalue weighted by Crippen LogP contribution is -2.41. The number of nitrogens with zero attached hydrogens (tertiary/aromatic N) is 3. The lowest BCUT2D eigenvalue weighted by molar-refractivity contribution is 0.607. The number of hydrogen-bond donors (Lipinski definition) is 2. The lowest BCUT2D eigenvalue weighted by atomic mass is 10.1. The van der Waals surface area contributed by atoms with Gasteiger partial charge in [-0.05, 0) is 78.8 Å². The lowest BCUT2D eigenvalue weighted by Gasteiger charge is -2.21. The quantitative estimate of drug-likeness (QED) is 0.309. The molecule has 0 saturated heterocycles. The Balaban J connectivity index is 1.90. The van der Waals surface area contributed by atoms with Crippen LogP contribution in [0.25, 0.3) is 16.6 Å². The van der Waals surface area contributed by atoms with Gasteiger partial charge < -0.3 is 5.32 Å². The maximum Gasteiger partial charge on any atom is 0.336 e. The van der Waals surface area contributed by atoms with Gasteiger partial charge in [0, 0.05) is 22.2 Å². The Hall–Kier alpha value is -3.46. The molecule has 1 fully saturated rings. The van der Waals surface area contributed by atoms with Crippen molar-refractivity contribution >= 4 is 60.7 Å². The molecule has 2 aromatic carbocycles. The van der Waals surface area contributed by atoms with E-state index < -0.39 is 32.6 Å². The van der Waals surface area contributed by atoms with Crippen LogP contribution in [0, 0.1) is 16.3 Å². The van der Waals surface area contributed by atoms with Crippen LogP contribution in [0.4, 0.5) is 21.6 Å². The highest BCUT2D eigenvalue weighted by Crippen LogP contribution is 2.34. The molecule has 13 heteroatoms. The van der Waals surface area contributed by atoms with E-state index in [-0.39, 0.29) is 45.4 Å². The number of benzene rings is 2. The molecular formula is C25H23FIN5O5S. The molecule has 4 aromatic rings. The van der Waals surface area contributed by atoms with Gasteiger partial charge in [0.05, 0.1) is 28.8 Å². The summed E-state index contributed by atoms with van der Waals surface area (Å²) in [6, 6.07) is 10.3. The van der Waals surface area contributed by atoms with Crippen molar-refractivity contribution < 1.29 is 12.8 Å². The molecule has 0 amide bonds. The van der Waals surface area contributed by atoms with Crippen molar-refractivity contribution in [2.24, 2.45) is 7.05 Å². The third-order valence-corrected chi connectivity index (χ3v) is 7.62. The zero-order valence-corrected chi connectivity index (χ0v) is 23.6. The Morgan fingerprint density at radius 3 is 2.39 bits per heavy atom. The Morgan fingerprint density at radius 1 is 1.05 bits per heavy atom. The molecule has 2 N–H and O–H groups in total. The number of hydrogen-bond acceptors (Lipinski definition) is 6. The number of pyridine rings is 1. The molecule has 0 radical (unpaired) electrons. The van der Waals surface area contributed by atoms with Gasteiger partial charge in [0.25, 0.3) is 11.1 Å². The summed E-state index contributed by atoms with van der Waals surface area (Å²) < 4.78 is 45.1. The van der Waals surface area contributed by atoms with E-state index in [2.05, 4.69) is 10.0 Å². The fraction of sp³-hybridized carbons (Fsp3) is 0.240. The molecule has 1 aliphatic rings. The van der Waals surface area contributed by atoms with Gasteiger partial charge in [-0.15, -0.1) is 0 Å². The SMILES string of the molecule is Cc1c(=O)n(C)c(Nc2ccc(I)cc2F)c2c(=O)n(C3CC3)c(=O)n(-c3cccc(NS(C)(=O)=O)c3)c12. The molecule has 10 nitrogen and oxygen atoms in total. The summed E-state index contributed by atoms with van der Waals surface area (Å²) in [4.78, 5) is 41.0. The van der Waals surface area contributed by atoms with Gasteiger partial charge in [-0.3, -0.25) is 28.0 Å². The molecule has 1 aliphatic carbocycles. The molecular weight excluding hydrogens is 628 g/mol. The van der Waals surface area contributed by atoms with Crippen LogP contribution in [0.2, 0.25) is 0 Å². The summed E-state index contributed by atoms with van der Waals surface area (Å²) in [5.41, 5.74) is -1.03. The summed E-state index contributed by atoms with van der Waals surface area (Å²) in [6.45, 7) is 1.51.